The fourth-order valence-corrected chi connectivity index (χ4v) is 6.46. The number of nitrogens with zero attached hydrogens (tertiary/aromatic N) is 5. The van der Waals surface area contributed by atoms with Crippen LogP contribution in [0.15, 0.2) is 78.1 Å². The molecule has 3 aromatic carbocycles. The van der Waals surface area contributed by atoms with Gasteiger partial charge in [0.2, 0.25) is 0 Å². The molecule has 2 fully saturated rings. The van der Waals surface area contributed by atoms with E-state index in [0.717, 1.165) is 28.8 Å². The summed E-state index contributed by atoms with van der Waals surface area (Å²) in [4.78, 5) is 19.9. The molecule has 0 atom stereocenters. The van der Waals surface area contributed by atoms with Crippen molar-refractivity contribution in [2.24, 2.45) is 0 Å². The minimum Gasteiger partial charge on any atom is -0.354 e. The summed E-state index contributed by atoms with van der Waals surface area (Å²) in [6.45, 7) is 5.12. The zero-order chi connectivity index (χ0) is 27.0. The molecule has 6 nitrogen and oxygen atoms in total. The Labute approximate surface area is 235 Å². The number of benzene rings is 3. The lowest BCUT2D eigenvalue weighted by Crippen LogP contribution is -2.31. The van der Waals surface area contributed by atoms with Crippen LogP contribution >= 0.6 is 11.8 Å². The second kappa shape index (κ2) is 12.8. The van der Waals surface area contributed by atoms with Crippen molar-refractivity contribution < 1.29 is 4.79 Å². The largest absolute Gasteiger partial charge is 0.354 e. The van der Waals surface area contributed by atoms with E-state index < -0.39 is 0 Å². The first-order valence-electron chi connectivity index (χ1n) is 13.6. The first-order chi connectivity index (χ1) is 19.2. The van der Waals surface area contributed by atoms with Gasteiger partial charge in [-0.3, -0.25) is 14.6 Å². The molecule has 3 aromatic rings. The van der Waals surface area contributed by atoms with Gasteiger partial charge in [-0.2, -0.15) is 22.3 Å². The Balaban J connectivity index is 1.23. The van der Waals surface area contributed by atoms with Gasteiger partial charge in [-0.25, -0.2) is 0 Å². The van der Waals surface area contributed by atoms with Crippen molar-refractivity contribution in [2.45, 2.75) is 31.6 Å². The Morgan fingerprint density at radius 1 is 0.846 bits per heavy atom. The highest BCUT2D eigenvalue weighted by atomic mass is 32.2. The van der Waals surface area contributed by atoms with Gasteiger partial charge in [0.1, 0.15) is 18.0 Å². The van der Waals surface area contributed by atoms with Crippen LogP contribution in [0.25, 0.3) is 10.8 Å². The van der Waals surface area contributed by atoms with Crippen molar-refractivity contribution in [1.82, 2.24) is 14.7 Å². The van der Waals surface area contributed by atoms with E-state index in [9.17, 15) is 15.3 Å². The van der Waals surface area contributed by atoms with E-state index >= 15 is 0 Å². The molecule has 1 amide bonds. The van der Waals surface area contributed by atoms with Gasteiger partial charge in [0, 0.05) is 43.2 Å². The van der Waals surface area contributed by atoms with E-state index in [4.69, 9.17) is 0 Å². The maximum Gasteiger partial charge on any atom is 0.260 e. The quantitative estimate of drug-likeness (QED) is 0.269. The smallest absolute Gasteiger partial charge is 0.260 e. The average Bonchev–Trinajstić information content (AvgIpc) is 3.39. The Hall–Kier alpha value is -3.78. The molecule has 2 aliphatic heterocycles. The number of rotatable bonds is 8. The van der Waals surface area contributed by atoms with Crippen LogP contribution in [0, 0.1) is 22.7 Å². The Kier molecular flexibility index (Phi) is 8.83. The van der Waals surface area contributed by atoms with Crippen LogP contribution in [0.1, 0.15) is 40.7 Å². The number of fused-ring (bicyclic) bond motifs is 1. The van der Waals surface area contributed by atoms with Crippen LogP contribution < -0.4 is 0 Å². The topological polar surface area (TPSA) is 74.4 Å². The average molecular weight is 536 g/mol. The van der Waals surface area contributed by atoms with Gasteiger partial charge in [-0.15, -0.1) is 0 Å². The third kappa shape index (κ3) is 6.28. The third-order valence-corrected chi connectivity index (χ3v) is 8.49. The Morgan fingerprint density at radius 3 is 2.41 bits per heavy atom. The molecular weight excluding hydrogens is 502 g/mol. The normalized spacial score (nSPS) is 15.8. The Bertz CT molecular complexity index is 1430. The van der Waals surface area contributed by atoms with E-state index in [2.05, 4.69) is 29.2 Å². The SMILES string of the molecule is N#CC(C#N)=C1N(CCSCc2cccc(CN3CCCCC3)c2)CCN1C(=O)c1cccc2ccccc12. The van der Waals surface area contributed by atoms with Crippen molar-refractivity contribution in [3.8, 4) is 12.1 Å². The zero-order valence-electron chi connectivity index (χ0n) is 22.2. The fraction of sp³-hybridized carbons (Fsp3) is 0.344. The van der Waals surface area contributed by atoms with Gasteiger partial charge < -0.3 is 4.90 Å². The minimum absolute atomic E-state index is 0.0171. The Morgan fingerprint density at radius 2 is 1.59 bits per heavy atom. The number of likely N-dealkylation sites (tertiary alicyclic amines) is 1. The number of piperidine rings is 1. The van der Waals surface area contributed by atoms with Crippen LogP contribution in [0.5, 0.6) is 0 Å². The lowest BCUT2D eigenvalue weighted by atomic mass is 10.0. The van der Waals surface area contributed by atoms with Crippen molar-refractivity contribution in [3.63, 3.8) is 0 Å². The summed E-state index contributed by atoms with van der Waals surface area (Å²) in [6.07, 6.45) is 3.94. The van der Waals surface area contributed by atoms with Gasteiger partial charge in [0.25, 0.3) is 5.91 Å². The first kappa shape index (κ1) is 26.8. The summed E-state index contributed by atoms with van der Waals surface area (Å²) in [6, 6.07) is 26.4. The number of hydrogen-bond acceptors (Lipinski definition) is 6. The molecule has 0 aliphatic carbocycles. The minimum atomic E-state index is -0.175. The van der Waals surface area contributed by atoms with E-state index in [0.29, 0.717) is 31.0 Å². The van der Waals surface area contributed by atoms with Crippen molar-refractivity contribution in [3.05, 3.63) is 94.8 Å². The lowest BCUT2D eigenvalue weighted by molar-refractivity contribution is 0.0820. The summed E-state index contributed by atoms with van der Waals surface area (Å²) in [5.74, 6) is 2.00. The van der Waals surface area contributed by atoms with Gasteiger partial charge in [0.15, 0.2) is 5.57 Å². The maximum atomic E-state index is 13.7. The van der Waals surface area contributed by atoms with Crippen LogP contribution in [0.4, 0.5) is 0 Å². The third-order valence-electron chi connectivity index (χ3n) is 7.48. The predicted octanol–water partition coefficient (Wildman–Crippen LogP) is 5.78. The molecule has 0 saturated carbocycles. The van der Waals surface area contributed by atoms with Gasteiger partial charge in [0.05, 0.1) is 0 Å². The second-order valence-electron chi connectivity index (χ2n) is 10.1. The summed E-state index contributed by atoms with van der Waals surface area (Å²) in [5.41, 5.74) is 3.25. The maximum absolute atomic E-state index is 13.7. The van der Waals surface area contributed by atoms with Gasteiger partial charge in [-0.1, -0.05) is 67.1 Å². The second-order valence-corrected chi connectivity index (χ2v) is 11.2. The highest BCUT2D eigenvalue weighted by Gasteiger charge is 2.33. The molecule has 39 heavy (non-hydrogen) atoms. The summed E-state index contributed by atoms with van der Waals surface area (Å²) < 4.78 is 0. The monoisotopic (exact) mass is 535 g/mol. The molecule has 2 heterocycles. The summed E-state index contributed by atoms with van der Waals surface area (Å²) >= 11 is 1.84. The van der Waals surface area contributed by atoms with Crippen LogP contribution in [0.3, 0.4) is 0 Å². The summed E-state index contributed by atoms with van der Waals surface area (Å²) in [5, 5.41) is 21.3. The van der Waals surface area contributed by atoms with Crippen LogP contribution in [0.2, 0.25) is 0 Å². The molecule has 2 saturated heterocycles. The van der Waals surface area contributed by atoms with E-state index in [1.54, 1.807) is 4.90 Å². The molecule has 0 N–H and O–H groups in total. The fourth-order valence-electron chi connectivity index (χ4n) is 5.55. The molecule has 0 spiro atoms. The summed E-state index contributed by atoms with van der Waals surface area (Å²) in [7, 11) is 0. The lowest BCUT2D eigenvalue weighted by Gasteiger charge is -2.26. The molecule has 198 valence electrons. The number of carbonyl (C=O) groups excluding carboxylic acids is 1. The molecule has 7 heteroatoms. The number of nitriles is 2. The number of carbonyl (C=O) groups is 1. The van der Waals surface area contributed by atoms with Crippen molar-refractivity contribution in [2.75, 3.05) is 38.5 Å². The van der Waals surface area contributed by atoms with Crippen LogP contribution in [-0.4, -0.2) is 59.1 Å². The number of amides is 1. The van der Waals surface area contributed by atoms with Crippen molar-refractivity contribution >= 4 is 28.4 Å². The molecule has 5 rings (SSSR count). The van der Waals surface area contributed by atoms with E-state index in [1.807, 2.05) is 71.3 Å². The van der Waals surface area contributed by atoms with Gasteiger partial charge >= 0.3 is 0 Å². The number of thioether (sulfide) groups is 1. The van der Waals surface area contributed by atoms with Crippen molar-refractivity contribution in [1.29, 1.82) is 10.5 Å². The molecule has 2 aliphatic rings. The predicted molar refractivity (Wildman–Crippen MR) is 157 cm³/mol. The first-order valence-corrected chi connectivity index (χ1v) is 14.8. The molecular formula is C32H33N5OS. The number of allylic oxidation sites excluding steroid dienone is 1. The van der Waals surface area contributed by atoms with Gasteiger partial charge in [-0.05, 0) is 53.9 Å². The standard InChI is InChI=1S/C32H33N5OS/c33-21-28(22-34)31-36(16-17-37(31)32(38)30-13-7-11-27-10-2-3-12-29(27)30)18-19-39-24-26-9-6-8-25(20-26)23-35-14-4-1-5-15-35/h2-3,6-13,20H,1,4-5,14-19,23-24H2. The van der Waals surface area contributed by atoms with E-state index in [-0.39, 0.29) is 11.5 Å². The zero-order valence-corrected chi connectivity index (χ0v) is 23.0. The van der Waals surface area contributed by atoms with Crippen LogP contribution in [-0.2, 0) is 12.3 Å². The molecule has 0 radical (unpaired) electrons. The highest BCUT2D eigenvalue weighted by molar-refractivity contribution is 7.98. The van der Waals surface area contributed by atoms with E-state index in [1.165, 1.54) is 43.5 Å². The highest BCUT2D eigenvalue weighted by Crippen LogP contribution is 2.28. The molecule has 0 bridgehead atoms. The molecule has 0 unspecified atom stereocenters. The number of hydrogen-bond donors (Lipinski definition) is 0. The molecule has 0 aromatic heterocycles.